The van der Waals surface area contributed by atoms with Gasteiger partial charge in [-0.1, -0.05) is 48.0 Å². The van der Waals surface area contributed by atoms with Crippen molar-refractivity contribution in [3.63, 3.8) is 0 Å². The van der Waals surface area contributed by atoms with Gasteiger partial charge in [-0.15, -0.1) is 0 Å². The van der Waals surface area contributed by atoms with Crippen molar-refractivity contribution < 1.29 is 35.1 Å². The van der Waals surface area contributed by atoms with Crippen LogP contribution < -0.4 is 20.4 Å². The van der Waals surface area contributed by atoms with Gasteiger partial charge < -0.3 is 20.4 Å². The van der Waals surface area contributed by atoms with Crippen LogP contribution in [0.1, 0.15) is 15.9 Å². The molecule has 0 fully saturated rings. The summed E-state index contributed by atoms with van der Waals surface area (Å²) in [5.74, 6) is -1.35. The van der Waals surface area contributed by atoms with E-state index in [0.29, 0.717) is 17.5 Å². The fourth-order valence-electron chi connectivity index (χ4n) is 2.50. The van der Waals surface area contributed by atoms with E-state index in [0.717, 1.165) is 5.41 Å². The van der Waals surface area contributed by atoms with Gasteiger partial charge in [-0.3, -0.25) is 4.55 Å². The number of benzene rings is 3. The molecule has 0 saturated carbocycles. The summed E-state index contributed by atoms with van der Waals surface area (Å²) in [5.41, 5.74) is 11.9. The molecule has 37 heavy (non-hydrogen) atoms. The van der Waals surface area contributed by atoms with E-state index in [1.165, 1.54) is 48.5 Å². The molecule has 0 bridgehead atoms. The number of para-hydroxylation sites is 1. The largest absolute Gasteiger partial charge is 0.419 e. The summed E-state index contributed by atoms with van der Waals surface area (Å²) >= 11 is 6.11. The number of ether oxygens (including phenoxy) is 1. The van der Waals surface area contributed by atoms with E-state index >= 15 is 0 Å². The van der Waals surface area contributed by atoms with E-state index in [2.05, 4.69) is 4.99 Å². The number of hydrogen-bond donors (Lipinski definition) is 3. The second-order valence-corrected chi connectivity index (χ2v) is 10.4. The van der Waals surface area contributed by atoms with Gasteiger partial charge in [-0.2, -0.15) is 16.8 Å². The molecular weight excluding hydrogens is 546 g/mol. The van der Waals surface area contributed by atoms with Crippen molar-refractivity contribution in [1.82, 2.24) is 0 Å². The molecule has 3 aromatic rings. The fraction of sp³-hybridized carbons (Fsp3) is 0.0435. The van der Waals surface area contributed by atoms with Crippen LogP contribution in [0.2, 0.25) is 5.02 Å². The van der Waals surface area contributed by atoms with Crippen LogP contribution in [-0.2, 0) is 20.2 Å². The summed E-state index contributed by atoms with van der Waals surface area (Å²) in [6.07, 6.45) is 2.09. The first-order chi connectivity index (χ1) is 17.2. The van der Waals surface area contributed by atoms with Crippen LogP contribution >= 0.6 is 11.6 Å². The maximum Gasteiger partial charge on any atom is 0.343 e. The number of halogens is 1. The Balaban J connectivity index is 0.000000877. The number of rotatable bonds is 7. The molecule has 0 atom stereocenters. The summed E-state index contributed by atoms with van der Waals surface area (Å²) in [7, 11) is -7.86. The number of aliphatic imine (C=N–C) groups is 1. The number of nitrogens with zero attached hydrogens (tertiary/aromatic N) is 1. The maximum absolute atomic E-state index is 12.5. The summed E-state index contributed by atoms with van der Waals surface area (Å²) in [4.78, 5) is 16.4. The molecule has 5 N–H and O–H groups in total. The number of nitrogens with two attached hydrogens (primary N) is 2. The van der Waals surface area contributed by atoms with Crippen LogP contribution in [0, 0.1) is 0 Å². The monoisotopic (exact) mass is 567 g/mol. The predicted molar refractivity (Wildman–Crippen MR) is 141 cm³/mol. The Morgan fingerprint density at radius 2 is 1.54 bits per heavy atom. The molecule has 0 aliphatic heterocycles. The van der Waals surface area contributed by atoms with Gasteiger partial charge in [0, 0.05) is 0 Å². The highest BCUT2D eigenvalue weighted by Gasteiger charge is 2.20. The van der Waals surface area contributed by atoms with Gasteiger partial charge in [-0.25, -0.2) is 9.79 Å². The van der Waals surface area contributed by atoms with Gasteiger partial charge in [0.15, 0.2) is 11.7 Å². The van der Waals surface area contributed by atoms with Gasteiger partial charge in [0.05, 0.1) is 27.9 Å². The number of hydrogen-bond acceptors (Lipinski definition) is 8. The van der Waals surface area contributed by atoms with Crippen LogP contribution in [0.4, 0.5) is 5.69 Å². The summed E-state index contributed by atoms with van der Waals surface area (Å²) < 4.78 is 61.1. The third-order valence-electron chi connectivity index (χ3n) is 3.92. The third-order valence-corrected chi connectivity index (χ3v) is 5.09. The molecule has 14 heteroatoms. The van der Waals surface area contributed by atoms with Gasteiger partial charge >= 0.3 is 16.1 Å². The first-order valence-electron chi connectivity index (χ1n) is 10.0. The van der Waals surface area contributed by atoms with Crippen LogP contribution in [0.15, 0.2) is 83.2 Å². The minimum atomic E-state index is -4.19. The van der Waals surface area contributed by atoms with Crippen LogP contribution in [0.5, 0.6) is 11.5 Å². The lowest BCUT2D eigenvalue weighted by Gasteiger charge is -2.11. The van der Waals surface area contributed by atoms with E-state index < -0.39 is 26.2 Å². The molecule has 0 saturated heterocycles. The van der Waals surface area contributed by atoms with Crippen LogP contribution in [0.3, 0.4) is 0 Å². The van der Waals surface area contributed by atoms with Crippen molar-refractivity contribution in [2.45, 2.75) is 0 Å². The van der Waals surface area contributed by atoms with Crippen LogP contribution in [0.25, 0.3) is 6.08 Å². The minimum Gasteiger partial charge on any atom is -0.419 e. The Morgan fingerprint density at radius 1 is 0.946 bits per heavy atom. The predicted octanol–water partition coefficient (Wildman–Crippen LogP) is 3.35. The quantitative estimate of drug-likeness (QED) is 0.0953. The first kappa shape index (κ1) is 29.3. The SMILES string of the molecule is CS(=O)(=O)O.NC(N)=Nc1ccc(C(=O)Oc2cccc(Cl)c2OS(=O)(=O)C=Cc2ccccc2)cc1. The highest BCUT2D eigenvalue weighted by atomic mass is 35.5. The first-order valence-corrected chi connectivity index (χ1v) is 13.7. The number of carbonyl (C=O) groups is 1. The van der Waals surface area contributed by atoms with E-state index in [1.807, 2.05) is 0 Å². The second kappa shape index (κ2) is 12.9. The Labute approximate surface area is 218 Å². The molecule has 0 aromatic heterocycles. The second-order valence-electron chi connectivity index (χ2n) is 7.06. The van der Waals surface area contributed by atoms with Crippen molar-refractivity contribution in [2.24, 2.45) is 16.5 Å². The summed E-state index contributed by atoms with van der Waals surface area (Å²) in [5, 5.41) is 0.842. The molecule has 0 radical (unpaired) electrons. The Morgan fingerprint density at radius 3 is 2.11 bits per heavy atom. The van der Waals surface area contributed by atoms with E-state index in [-0.39, 0.29) is 28.0 Å². The lowest BCUT2D eigenvalue weighted by atomic mass is 10.2. The molecule has 0 amide bonds. The lowest BCUT2D eigenvalue weighted by Crippen LogP contribution is -2.21. The van der Waals surface area contributed by atoms with Gasteiger partial charge in [-0.05, 0) is 48.0 Å². The molecule has 196 valence electrons. The van der Waals surface area contributed by atoms with E-state index in [1.54, 1.807) is 30.3 Å². The normalized spacial score (nSPS) is 11.2. The number of esters is 1. The lowest BCUT2D eigenvalue weighted by molar-refractivity contribution is 0.0731. The summed E-state index contributed by atoms with van der Waals surface area (Å²) in [6.45, 7) is 0. The van der Waals surface area contributed by atoms with Gasteiger partial charge in [0.25, 0.3) is 10.1 Å². The maximum atomic E-state index is 12.5. The van der Waals surface area contributed by atoms with Gasteiger partial charge in [0.1, 0.15) is 0 Å². The Kier molecular flexibility index (Phi) is 10.2. The van der Waals surface area contributed by atoms with Crippen molar-refractivity contribution in [3.05, 3.63) is 94.4 Å². The molecule has 3 rings (SSSR count). The van der Waals surface area contributed by atoms with Gasteiger partial charge in [0.2, 0.25) is 5.75 Å². The smallest absolute Gasteiger partial charge is 0.343 e. The zero-order chi connectivity index (χ0) is 27.6. The number of carbonyl (C=O) groups excluding carboxylic acids is 1. The fourth-order valence-corrected chi connectivity index (χ4v) is 3.53. The molecular formula is C23H22ClN3O8S2. The van der Waals surface area contributed by atoms with Crippen molar-refractivity contribution in [2.75, 3.05) is 6.26 Å². The average Bonchev–Trinajstić information content (AvgIpc) is 2.80. The number of guanidine groups is 1. The highest BCUT2D eigenvalue weighted by molar-refractivity contribution is 7.90. The Hall–Kier alpha value is -3.91. The zero-order valence-electron chi connectivity index (χ0n) is 19.2. The molecule has 3 aromatic carbocycles. The van der Waals surface area contributed by atoms with Crippen molar-refractivity contribution >= 4 is 55.5 Å². The van der Waals surface area contributed by atoms with Crippen molar-refractivity contribution in [1.29, 1.82) is 0 Å². The Bertz CT molecular complexity index is 1500. The third kappa shape index (κ3) is 11.1. The molecule has 0 aliphatic rings. The standard InChI is InChI=1S/C22H18ClN3O5S.CH4O3S/c23-18-7-4-8-19(30-21(27)16-9-11-17(12-10-16)26-22(24)25)20(18)31-32(28,29)14-13-15-5-2-1-3-6-15;1-5(2,3)4/h1-14H,(H4,24,25,26);1H3,(H,2,3,4). The summed E-state index contributed by atoms with van der Waals surface area (Å²) in [6, 6.07) is 19.0. The highest BCUT2D eigenvalue weighted by Crippen LogP contribution is 2.36. The molecule has 0 unspecified atom stereocenters. The average molecular weight is 568 g/mol. The minimum absolute atomic E-state index is 0.0462. The van der Waals surface area contributed by atoms with E-state index in [9.17, 15) is 21.6 Å². The topological polar surface area (TPSA) is 188 Å². The zero-order valence-corrected chi connectivity index (χ0v) is 21.6. The van der Waals surface area contributed by atoms with E-state index in [4.69, 9.17) is 36.5 Å². The molecule has 11 nitrogen and oxygen atoms in total. The van der Waals surface area contributed by atoms with Crippen LogP contribution in [-0.4, -0.2) is 39.6 Å². The van der Waals surface area contributed by atoms with Crippen molar-refractivity contribution in [3.8, 4) is 11.5 Å². The molecule has 0 heterocycles. The molecule has 0 aliphatic carbocycles. The molecule has 0 spiro atoms.